The number of carbonyl (C=O) groups is 2. The molecular weight excluding hydrogens is 496 g/mol. The van der Waals surface area contributed by atoms with Gasteiger partial charge in [-0.15, -0.1) is 0 Å². The van der Waals surface area contributed by atoms with Gasteiger partial charge >= 0.3 is 0 Å². The molecule has 182 valence electrons. The molecule has 36 heavy (non-hydrogen) atoms. The molecule has 0 saturated heterocycles. The first kappa shape index (κ1) is 25.3. The molecular formula is C28H23ClN2O4S. The van der Waals surface area contributed by atoms with Crippen molar-refractivity contribution in [3.8, 4) is 0 Å². The van der Waals surface area contributed by atoms with Gasteiger partial charge in [0.25, 0.3) is 5.91 Å². The highest BCUT2D eigenvalue weighted by Crippen LogP contribution is 2.25. The van der Waals surface area contributed by atoms with Gasteiger partial charge in [0, 0.05) is 35.3 Å². The lowest BCUT2D eigenvalue weighted by Crippen LogP contribution is -2.26. The van der Waals surface area contributed by atoms with Crippen LogP contribution in [0, 0.1) is 0 Å². The average Bonchev–Trinajstić information content (AvgIpc) is 2.90. The Balaban J connectivity index is 1.52. The second-order valence-corrected chi connectivity index (χ2v) is 10.6. The molecule has 0 aliphatic heterocycles. The van der Waals surface area contributed by atoms with Crippen molar-refractivity contribution in [2.24, 2.45) is 0 Å². The Bertz CT molecular complexity index is 1490. The van der Waals surface area contributed by atoms with Gasteiger partial charge in [-0.1, -0.05) is 72.3 Å². The maximum Gasteiger partial charge on any atom is 0.255 e. The fraction of sp³-hybridized carbons (Fsp3) is 0.0714. The summed E-state index contributed by atoms with van der Waals surface area (Å²) in [6.07, 6.45) is 0. The van der Waals surface area contributed by atoms with Gasteiger partial charge in [0.05, 0.1) is 10.6 Å². The number of benzene rings is 4. The van der Waals surface area contributed by atoms with Crippen LogP contribution < -0.4 is 5.32 Å². The molecule has 1 N–H and O–H groups in total. The van der Waals surface area contributed by atoms with Gasteiger partial charge < -0.3 is 5.32 Å². The Morgan fingerprint density at radius 3 is 2.06 bits per heavy atom. The monoisotopic (exact) mass is 518 g/mol. The molecule has 1 amide bonds. The molecule has 0 spiro atoms. The summed E-state index contributed by atoms with van der Waals surface area (Å²) in [6, 6.07) is 28.3. The molecule has 0 radical (unpaired) electrons. The SMILES string of the molecule is CN(Cc1ccccc1)S(=O)(=O)c1ccc(C(=O)Nc2ccc(Cl)cc2C(=O)c2ccccc2)cc1. The Kier molecular flexibility index (Phi) is 7.64. The van der Waals surface area contributed by atoms with Crippen molar-refractivity contribution in [2.75, 3.05) is 12.4 Å². The Morgan fingerprint density at radius 1 is 0.806 bits per heavy atom. The molecule has 0 aromatic heterocycles. The molecule has 0 saturated carbocycles. The Hall–Kier alpha value is -3.78. The average molecular weight is 519 g/mol. The van der Waals surface area contributed by atoms with Gasteiger partial charge in [-0.3, -0.25) is 9.59 Å². The fourth-order valence-electron chi connectivity index (χ4n) is 3.64. The van der Waals surface area contributed by atoms with E-state index in [0.29, 0.717) is 16.3 Å². The van der Waals surface area contributed by atoms with Gasteiger partial charge in [-0.2, -0.15) is 4.31 Å². The third kappa shape index (κ3) is 5.71. The summed E-state index contributed by atoms with van der Waals surface area (Å²) in [5, 5.41) is 3.10. The van der Waals surface area contributed by atoms with E-state index in [1.807, 2.05) is 30.3 Å². The molecule has 0 aliphatic rings. The van der Waals surface area contributed by atoms with Crippen molar-refractivity contribution in [3.63, 3.8) is 0 Å². The van der Waals surface area contributed by atoms with E-state index in [4.69, 9.17) is 11.6 Å². The van der Waals surface area contributed by atoms with Crippen LogP contribution in [0.3, 0.4) is 0 Å². The first-order chi connectivity index (χ1) is 17.3. The zero-order chi connectivity index (χ0) is 25.7. The summed E-state index contributed by atoms with van der Waals surface area (Å²) in [5.74, 6) is -0.766. The summed E-state index contributed by atoms with van der Waals surface area (Å²) < 4.78 is 27.2. The predicted molar refractivity (Wildman–Crippen MR) is 141 cm³/mol. The second kappa shape index (κ2) is 10.9. The van der Waals surface area contributed by atoms with E-state index in [1.54, 1.807) is 42.5 Å². The van der Waals surface area contributed by atoms with E-state index in [1.165, 1.54) is 41.7 Å². The molecule has 0 fully saturated rings. The molecule has 0 unspecified atom stereocenters. The van der Waals surface area contributed by atoms with Gasteiger partial charge in [0.1, 0.15) is 0 Å². The van der Waals surface area contributed by atoms with Crippen LogP contribution in [0.5, 0.6) is 0 Å². The van der Waals surface area contributed by atoms with Gasteiger partial charge in [-0.25, -0.2) is 8.42 Å². The Morgan fingerprint density at radius 2 is 1.42 bits per heavy atom. The summed E-state index contributed by atoms with van der Waals surface area (Å²) in [5.41, 5.74) is 2.13. The predicted octanol–water partition coefficient (Wildman–Crippen LogP) is 5.64. The van der Waals surface area contributed by atoms with E-state index < -0.39 is 15.9 Å². The summed E-state index contributed by atoms with van der Waals surface area (Å²) >= 11 is 6.11. The summed E-state index contributed by atoms with van der Waals surface area (Å²) in [6.45, 7) is 0.222. The lowest BCUT2D eigenvalue weighted by molar-refractivity contribution is 0.102. The molecule has 0 atom stereocenters. The largest absolute Gasteiger partial charge is 0.321 e. The van der Waals surface area contributed by atoms with E-state index >= 15 is 0 Å². The lowest BCUT2D eigenvalue weighted by Gasteiger charge is -2.17. The molecule has 8 heteroatoms. The van der Waals surface area contributed by atoms with E-state index in [9.17, 15) is 18.0 Å². The maximum absolute atomic E-state index is 13.0. The number of ketones is 1. The number of hydrogen-bond donors (Lipinski definition) is 1. The highest BCUT2D eigenvalue weighted by molar-refractivity contribution is 7.89. The smallest absolute Gasteiger partial charge is 0.255 e. The minimum atomic E-state index is -3.75. The van der Waals surface area contributed by atoms with Crippen molar-refractivity contribution < 1.29 is 18.0 Å². The number of anilines is 1. The van der Waals surface area contributed by atoms with E-state index in [0.717, 1.165) is 5.56 Å². The topological polar surface area (TPSA) is 83.6 Å². The minimum absolute atomic E-state index is 0.0731. The van der Waals surface area contributed by atoms with Crippen LogP contribution in [0.2, 0.25) is 5.02 Å². The van der Waals surface area contributed by atoms with Gasteiger partial charge in [0.15, 0.2) is 5.78 Å². The lowest BCUT2D eigenvalue weighted by atomic mass is 10.0. The third-order valence-corrected chi connectivity index (χ3v) is 7.64. The van der Waals surface area contributed by atoms with Crippen molar-refractivity contribution >= 4 is 39.0 Å². The zero-order valence-electron chi connectivity index (χ0n) is 19.4. The van der Waals surface area contributed by atoms with Crippen LogP contribution in [0.4, 0.5) is 5.69 Å². The van der Waals surface area contributed by atoms with Crippen molar-refractivity contribution in [1.82, 2.24) is 4.31 Å². The van der Waals surface area contributed by atoms with Crippen LogP contribution in [0.1, 0.15) is 31.8 Å². The fourth-order valence-corrected chi connectivity index (χ4v) is 4.97. The number of nitrogens with one attached hydrogen (secondary N) is 1. The van der Waals surface area contributed by atoms with Crippen LogP contribution in [-0.2, 0) is 16.6 Å². The number of carbonyl (C=O) groups excluding carboxylic acids is 2. The molecule has 4 aromatic rings. The molecule has 4 aromatic carbocycles. The molecule has 0 heterocycles. The number of sulfonamides is 1. The number of rotatable bonds is 8. The standard InChI is InChI=1S/C28H23ClN2O4S/c1-31(19-20-8-4-2-5-9-20)36(34,35)24-15-12-22(13-16-24)28(33)30-26-17-14-23(29)18-25(26)27(32)21-10-6-3-7-11-21/h2-18H,19H2,1H3,(H,30,33). The molecule has 0 bridgehead atoms. The third-order valence-electron chi connectivity index (χ3n) is 5.58. The highest BCUT2D eigenvalue weighted by Gasteiger charge is 2.22. The molecule has 6 nitrogen and oxygen atoms in total. The van der Waals surface area contributed by atoms with Crippen molar-refractivity contribution in [3.05, 3.63) is 130 Å². The normalized spacial score (nSPS) is 11.3. The van der Waals surface area contributed by atoms with E-state index in [-0.39, 0.29) is 28.4 Å². The second-order valence-electron chi connectivity index (χ2n) is 8.11. The van der Waals surface area contributed by atoms with Crippen LogP contribution in [-0.4, -0.2) is 31.5 Å². The molecule has 0 aliphatic carbocycles. The van der Waals surface area contributed by atoms with E-state index in [2.05, 4.69) is 5.32 Å². The molecule has 4 rings (SSSR count). The van der Waals surface area contributed by atoms with Gasteiger partial charge in [-0.05, 0) is 48.0 Å². The number of nitrogens with zero attached hydrogens (tertiary/aromatic N) is 1. The van der Waals surface area contributed by atoms with Crippen LogP contribution in [0.15, 0.2) is 108 Å². The first-order valence-corrected chi connectivity index (χ1v) is 12.9. The Labute approximate surface area is 215 Å². The minimum Gasteiger partial charge on any atom is -0.321 e. The maximum atomic E-state index is 13.0. The summed E-state index contributed by atoms with van der Waals surface area (Å²) in [7, 11) is -2.24. The zero-order valence-corrected chi connectivity index (χ0v) is 21.0. The number of amides is 1. The first-order valence-electron chi connectivity index (χ1n) is 11.1. The number of halogens is 1. The van der Waals surface area contributed by atoms with Crippen LogP contribution in [0.25, 0.3) is 0 Å². The van der Waals surface area contributed by atoms with Crippen molar-refractivity contribution in [2.45, 2.75) is 11.4 Å². The van der Waals surface area contributed by atoms with Crippen LogP contribution >= 0.6 is 11.6 Å². The quantitative estimate of drug-likeness (QED) is 0.306. The van der Waals surface area contributed by atoms with Crippen molar-refractivity contribution in [1.29, 1.82) is 0 Å². The highest BCUT2D eigenvalue weighted by atomic mass is 35.5. The number of hydrogen-bond acceptors (Lipinski definition) is 4. The summed E-state index contributed by atoms with van der Waals surface area (Å²) in [4.78, 5) is 26.0. The van der Waals surface area contributed by atoms with Gasteiger partial charge in [0.2, 0.25) is 10.0 Å².